The second-order valence-electron chi connectivity index (χ2n) is 3.66. The molecule has 0 saturated heterocycles. The van der Waals surface area contributed by atoms with Gasteiger partial charge in [0, 0.05) is 19.6 Å². The highest BCUT2D eigenvalue weighted by molar-refractivity contribution is 9.10. The standard InChI is InChI=1S/C10H18BrN3/c1-5-7(2)12-6-9-10(11)8(3)13-14(9)4/h7,12H,5-6H2,1-4H3. The van der Waals surface area contributed by atoms with Crippen LogP contribution in [-0.2, 0) is 13.6 Å². The van der Waals surface area contributed by atoms with Crippen LogP contribution >= 0.6 is 15.9 Å². The third kappa shape index (κ3) is 2.58. The van der Waals surface area contributed by atoms with E-state index in [0.717, 1.165) is 23.1 Å². The van der Waals surface area contributed by atoms with E-state index >= 15 is 0 Å². The molecule has 0 aliphatic carbocycles. The molecule has 80 valence electrons. The predicted molar refractivity (Wildman–Crippen MR) is 62.2 cm³/mol. The summed E-state index contributed by atoms with van der Waals surface area (Å²) < 4.78 is 3.05. The van der Waals surface area contributed by atoms with E-state index in [4.69, 9.17) is 0 Å². The quantitative estimate of drug-likeness (QED) is 0.900. The fourth-order valence-electron chi connectivity index (χ4n) is 1.29. The van der Waals surface area contributed by atoms with Crippen LogP contribution in [0.3, 0.4) is 0 Å². The second kappa shape index (κ2) is 4.94. The minimum atomic E-state index is 0.553. The van der Waals surface area contributed by atoms with Crippen LogP contribution in [-0.4, -0.2) is 15.8 Å². The zero-order chi connectivity index (χ0) is 10.7. The number of nitrogens with zero attached hydrogens (tertiary/aromatic N) is 2. The summed E-state index contributed by atoms with van der Waals surface area (Å²) in [6.45, 7) is 7.25. The molecule has 1 unspecified atom stereocenters. The van der Waals surface area contributed by atoms with E-state index < -0.39 is 0 Å². The summed E-state index contributed by atoms with van der Waals surface area (Å²) in [5.41, 5.74) is 2.26. The Morgan fingerprint density at radius 2 is 2.21 bits per heavy atom. The molecule has 1 atom stereocenters. The van der Waals surface area contributed by atoms with Gasteiger partial charge in [-0.2, -0.15) is 5.10 Å². The topological polar surface area (TPSA) is 29.9 Å². The van der Waals surface area contributed by atoms with Crippen molar-refractivity contribution in [1.82, 2.24) is 15.1 Å². The van der Waals surface area contributed by atoms with Gasteiger partial charge >= 0.3 is 0 Å². The number of nitrogens with one attached hydrogen (secondary N) is 1. The van der Waals surface area contributed by atoms with Crippen LogP contribution in [0.2, 0.25) is 0 Å². The lowest BCUT2D eigenvalue weighted by atomic mass is 10.2. The smallest absolute Gasteiger partial charge is 0.0739 e. The minimum absolute atomic E-state index is 0.553. The van der Waals surface area contributed by atoms with Crippen LogP contribution in [0, 0.1) is 6.92 Å². The Morgan fingerprint density at radius 3 is 2.64 bits per heavy atom. The van der Waals surface area contributed by atoms with E-state index in [-0.39, 0.29) is 0 Å². The van der Waals surface area contributed by atoms with Gasteiger partial charge in [0.1, 0.15) is 0 Å². The third-order valence-electron chi connectivity index (χ3n) is 2.49. The van der Waals surface area contributed by atoms with Crippen LogP contribution in [0.4, 0.5) is 0 Å². The van der Waals surface area contributed by atoms with E-state index in [1.54, 1.807) is 0 Å². The molecule has 0 aliphatic heterocycles. The Hall–Kier alpha value is -0.350. The Bertz CT molecular complexity index is 307. The summed E-state index contributed by atoms with van der Waals surface area (Å²) in [5.74, 6) is 0. The summed E-state index contributed by atoms with van der Waals surface area (Å²) in [5, 5.41) is 7.80. The minimum Gasteiger partial charge on any atom is -0.309 e. The molecule has 1 aromatic heterocycles. The highest BCUT2D eigenvalue weighted by atomic mass is 79.9. The molecule has 0 radical (unpaired) electrons. The highest BCUT2D eigenvalue weighted by Crippen LogP contribution is 2.19. The van der Waals surface area contributed by atoms with Crippen LogP contribution < -0.4 is 5.32 Å². The third-order valence-corrected chi connectivity index (χ3v) is 3.52. The Kier molecular flexibility index (Phi) is 4.13. The van der Waals surface area contributed by atoms with Crippen molar-refractivity contribution < 1.29 is 0 Å². The van der Waals surface area contributed by atoms with Gasteiger partial charge in [0.05, 0.1) is 15.9 Å². The first-order valence-corrected chi connectivity index (χ1v) is 5.76. The van der Waals surface area contributed by atoms with Crippen LogP contribution in [0.15, 0.2) is 4.47 Å². The second-order valence-corrected chi connectivity index (χ2v) is 4.45. The molecule has 1 N–H and O–H groups in total. The number of hydrogen-bond acceptors (Lipinski definition) is 2. The summed E-state index contributed by atoms with van der Waals surface area (Å²) in [6, 6.07) is 0.553. The molecule has 4 heteroatoms. The first-order valence-electron chi connectivity index (χ1n) is 4.97. The van der Waals surface area contributed by atoms with Crippen molar-refractivity contribution in [2.45, 2.75) is 39.8 Å². The van der Waals surface area contributed by atoms with Crippen LogP contribution in [0.1, 0.15) is 31.7 Å². The normalized spacial score (nSPS) is 13.2. The maximum absolute atomic E-state index is 4.34. The van der Waals surface area contributed by atoms with Crippen molar-refractivity contribution in [1.29, 1.82) is 0 Å². The van der Waals surface area contributed by atoms with Crippen molar-refractivity contribution in [2.75, 3.05) is 0 Å². The van der Waals surface area contributed by atoms with E-state index in [1.165, 1.54) is 5.69 Å². The van der Waals surface area contributed by atoms with Gasteiger partial charge in [-0.05, 0) is 36.2 Å². The van der Waals surface area contributed by atoms with E-state index in [0.29, 0.717) is 6.04 Å². The molecule has 0 aliphatic rings. The van der Waals surface area contributed by atoms with Crippen molar-refractivity contribution in [3.05, 3.63) is 15.9 Å². The predicted octanol–water partition coefficient (Wildman–Crippen LogP) is 2.38. The molecular formula is C10H18BrN3. The van der Waals surface area contributed by atoms with E-state index in [9.17, 15) is 0 Å². The number of aromatic nitrogens is 2. The van der Waals surface area contributed by atoms with Gasteiger partial charge in [0.25, 0.3) is 0 Å². The largest absolute Gasteiger partial charge is 0.309 e. The lowest BCUT2D eigenvalue weighted by Crippen LogP contribution is -2.25. The van der Waals surface area contributed by atoms with E-state index in [1.807, 2.05) is 18.7 Å². The average molecular weight is 260 g/mol. The van der Waals surface area contributed by atoms with Crippen LogP contribution in [0.5, 0.6) is 0 Å². The molecule has 0 aromatic carbocycles. The average Bonchev–Trinajstić information content (AvgIpc) is 2.39. The maximum atomic E-state index is 4.34. The summed E-state index contributed by atoms with van der Waals surface area (Å²) in [7, 11) is 1.98. The summed E-state index contributed by atoms with van der Waals surface area (Å²) >= 11 is 3.55. The molecule has 0 amide bonds. The molecular weight excluding hydrogens is 242 g/mol. The van der Waals surface area contributed by atoms with Gasteiger partial charge in [0.2, 0.25) is 0 Å². The van der Waals surface area contributed by atoms with E-state index in [2.05, 4.69) is 40.2 Å². The molecule has 0 spiro atoms. The molecule has 1 heterocycles. The van der Waals surface area contributed by atoms with Gasteiger partial charge in [-0.3, -0.25) is 4.68 Å². The number of rotatable bonds is 4. The fraction of sp³-hybridized carbons (Fsp3) is 0.700. The van der Waals surface area contributed by atoms with Gasteiger partial charge in [0.15, 0.2) is 0 Å². The lowest BCUT2D eigenvalue weighted by molar-refractivity contribution is 0.515. The molecule has 1 rings (SSSR count). The van der Waals surface area contributed by atoms with Crippen LogP contribution in [0.25, 0.3) is 0 Å². The number of aryl methyl sites for hydroxylation is 2. The molecule has 3 nitrogen and oxygen atoms in total. The highest BCUT2D eigenvalue weighted by Gasteiger charge is 2.10. The van der Waals surface area contributed by atoms with Gasteiger partial charge in [-0.25, -0.2) is 0 Å². The van der Waals surface area contributed by atoms with Gasteiger partial charge in [-0.15, -0.1) is 0 Å². The Morgan fingerprint density at radius 1 is 1.57 bits per heavy atom. The number of halogens is 1. The SMILES string of the molecule is CCC(C)NCc1c(Br)c(C)nn1C. The van der Waals surface area contributed by atoms with Crippen molar-refractivity contribution in [3.63, 3.8) is 0 Å². The summed E-state index contributed by atoms with van der Waals surface area (Å²) in [4.78, 5) is 0. The molecule has 14 heavy (non-hydrogen) atoms. The maximum Gasteiger partial charge on any atom is 0.0739 e. The molecule has 0 fully saturated rings. The first-order chi connectivity index (χ1) is 6.56. The van der Waals surface area contributed by atoms with Crippen molar-refractivity contribution >= 4 is 15.9 Å². The molecule has 1 aromatic rings. The zero-order valence-electron chi connectivity index (χ0n) is 9.26. The Labute approximate surface area is 94.0 Å². The van der Waals surface area contributed by atoms with Gasteiger partial charge < -0.3 is 5.32 Å². The summed E-state index contributed by atoms with van der Waals surface area (Å²) in [6.07, 6.45) is 1.15. The van der Waals surface area contributed by atoms with Gasteiger partial charge in [-0.1, -0.05) is 6.92 Å². The lowest BCUT2D eigenvalue weighted by Gasteiger charge is -2.11. The van der Waals surface area contributed by atoms with Crippen molar-refractivity contribution in [3.8, 4) is 0 Å². The monoisotopic (exact) mass is 259 g/mol. The fourth-order valence-corrected chi connectivity index (χ4v) is 1.76. The number of hydrogen-bond donors (Lipinski definition) is 1. The zero-order valence-corrected chi connectivity index (χ0v) is 10.8. The molecule has 0 bridgehead atoms. The molecule has 0 saturated carbocycles. The van der Waals surface area contributed by atoms with Crippen molar-refractivity contribution in [2.24, 2.45) is 7.05 Å². The Balaban J connectivity index is 2.67. The first kappa shape index (κ1) is 11.7.